The monoisotopic (exact) mass is 331 g/mol. The summed E-state index contributed by atoms with van der Waals surface area (Å²) < 4.78 is 11.7. The van der Waals surface area contributed by atoms with Crippen LogP contribution in [0.1, 0.15) is 39.5 Å². The van der Waals surface area contributed by atoms with Crippen LogP contribution in [-0.2, 0) is 9.47 Å². The number of hydrogen-bond donors (Lipinski definition) is 1. The highest BCUT2D eigenvalue weighted by molar-refractivity contribution is 8.07. The Balaban J connectivity index is 1.60. The van der Waals surface area contributed by atoms with Gasteiger partial charge in [0.15, 0.2) is 0 Å². The van der Waals surface area contributed by atoms with E-state index in [9.17, 15) is 0 Å². The Morgan fingerprint density at radius 2 is 1.90 bits per heavy atom. The van der Waals surface area contributed by atoms with Gasteiger partial charge in [0.1, 0.15) is 0 Å². The van der Waals surface area contributed by atoms with E-state index in [1.165, 1.54) is 5.75 Å². The lowest BCUT2D eigenvalue weighted by atomic mass is 9.77. The highest BCUT2D eigenvalue weighted by Crippen LogP contribution is 2.43. The Labute approximate surface area is 137 Å². The summed E-state index contributed by atoms with van der Waals surface area (Å²) >= 11 is 4.22. The van der Waals surface area contributed by atoms with E-state index in [0.717, 1.165) is 56.0 Å². The van der Waals surface area contributed by atoms with Crippen molar-refractivity contribution in [2.24, 2.45) is 11.7 Å². The second-order valence-corrected chi connectivity index (χ2v) is 9.92. The zero-order valence-electron chi connectivity index (χ0n) is 13.3. The van der Waals surface area contributed by atoms with E-state index in [0.29, 0.717) is 17.2 Å². The normalized spacial score (nSPS) is 41.9. The van der Waals surface area contributed by atoms with E-state index in [-0.39, 0.29) is 5.60 Å². The summed E-state index contributed by atoms with van der Waals surface area (Å²) in [6, 6.07) is 0.320. The van der Waals surface area contributed by atoms with Crippen molar-refractivity contribution in [1.82, 2.24) is 0 Å². The van der Waals surface area contributed by atoms with Gasteiger partial charge < -0.3 is 15.2 Å². The summed E-state index contributed by atoms with van der Waals surface area (Å²) in [5.41, 5.74) is 6.77. The van der Waals surface area contributed by atoms with Crippen LogP contribution < -0.4 is 5.73 Å². The molecule has 0 radical (unpaired) electrons. The number of rotatable bonds is 2. The molecule has 0 amide bonds. The van der Waals surface area contributed by atoms with Gasteiger partial charge in [0.05, 0.1) is 5.60 Å². The van der Waals surface area contributed by atoms with E-state index < -0.39 is 0 Å². The molecule has 3 aliphatic rings. The Kier molecular flexibility index (Phi) is 5.48. The fourth-order valence-corrected chi connectivity index (χ4v) is 6.94. The van der Waals surface area contributed by atoms with Crippen molar-refractivity contribution < 1.29 is 9.47 Å². The van der Waals surface area contributed by atoms with Crippen molar-refractivity contribution in [2.75, 3.05) is 25.6 Å². The van der Waals surface area contributed by atoms with Gasteiger partial charge in [-0.05, 0) is 31.6 Å². The maximum absolute atomic E-state index is 6.70. The number of thioether (sulfide) groups is 2. The third-order valence-electron chi connectivity index (χ3n) is 5.48. The van der Waals surface area contributed by atoms with Gasteiger partial charge in [-0.2, -0.15) is 23.5 Å². The summed E-state index contributed by atoms with van der Waals surface area (Å²) in [7, 11) is 0. The van der Waals surface area contributed by atoms with Crippen molar-refractivity contribution in [3.05, 3.63) is 0 Å². The van der Waals surface area contributed by atoms with Crippen LogP contribution in [0.15, 0.2) is 0 Å². The first-order valence-electron chi connectivity index (χ1n) is 8.34. The lowest BCUT2D eigenvalue weighted by molar-refractivity contribution is -0.149. The molecule has 3 nitrogen and oxygen atoms in total. The zero-order valence-corrected chi connectivity index (χ0v) is 14.9. The molecule has 3 saturated heterocycles. The van der Waals surface area contributed by atoms with Crippen LogP contribution in [0.4, 0.5) is 0 Å². The van der Waals surface area contributed by atoms with Crippen molar-refractivity contribution >= 4 is 23.5 Å². The molecule has 0 aromatic carbocycles. The van der Waals surface area contributed by atoms with Gasteiger partial charge in [-0.3, -0.25) is 0 Å². The standard InChI is InChI=1S/C16H29NO2S2/c1-11-12(2)21-14(10-20-11)15(17)13-3-6-19-16(9-13)4-7-18-8-5-16/h11-15H,3-10,17H2,1-2H3. The predicted molar refractivity (Wildman–Crippen MR) is 92.2 cm³/mol. The molecule has 0 aromatic heterocycles. The van der Waals surface area contributed by atoms with Crippen molar-refractivity contribution in [3.63, 3.8) is 0 Å². The van der Waals surface area contributed by atoms with Crippen LogP contribution >= 0.6 is 23.5 Å². The van der Waals surface area contributed by atoms with Crippen molar-refractivity contribution in [3.8, 4) is 0 Å². The Bertz CT molecular complexity index is 344. The molecule has 0 saturated carbocycles. The minimum Gasteiger partial charge on any atom is -0.381 e. The van der Waals surface area contributed by atoms with Crippen molar-refractivity contribution in [1.29, 1.82) is 0 Å². The van der Waals surface area contributed by atoms with Crippen LogP contribution in [0.3, 0.4) is 0 Å². The minimum absolute atomic E-state index is 0.0736. The Morgan fingerprint density at radius 1 is 1.14 bits per heavy atom. The number of hydrogen-bond acceptors (Lipinski definition) is 5. The predicted octanol–water partition coefficient (Wildman–Crippen LogP) is 2.92. The molecule has 1 spiro atoms. The van der Waals surface area contributed by atoms with E-state index >= 15 is 0 Å². The molecule has 3 rings (SSSR count). The summed E-state index contributed by atoms with van der Waals surface area (Å²) in [5, 5.41) is 2.09. The van der Waals surface area contributed by atoms with Crippen LogP contribution in [0.25, 0.3) is 0 Å². The molecule has 0 bridgehead atoms. The maximum Gasteiger partial charge on any atom is 0.0729 e. The smallest absolute Gasteiger partial charge is 0.0729 e. The average Bonchev–Trinajstić information content (AvgIpc) is 2.50. The minimum atomic E-state index is 0.0736. The van der Waals surface area contributed by atoms with E-state index in [1.54, 1.807) is 0 Å². The molecule has 3 fully saturated rings. The maximum atomic E-state index is 6.70. The first-order valence-corrected chi connectivity index (χ1v) is 10.3. The third-order valence-corrected chi connectivity index (χ3v) is 9.02. The lowest BCUT2D eigenvalue weighted by Gasteiger charge is -2.46. The van der Waals surface area contributed by atoms with Crippen LogP contribution in [0, 0.1) is 5.92 Å². The topological polar surface area (TPSA) is 44.5 Å². The highest BCUT2D eigenvalue weighted by atomic mass is 32.2. The van der Waals surface area contributed by atoms with Gasteiger partial charge in [0.25, 0.3) is 0 Å². The zero-order chi connectivity index (χ0) is 14.9. The van der Waals surface area contributed by atoms with Gasteiger partial charge in [-0.25, -0.2) is 0 Å². The summed E-state index contributed by atoms with van der Waals surface area (Å²) in [6.45, 7) is 7.28. The summed E-state index contributed by atoms with van der Waals surface area (Å²) in [5.74, 6) is 1.83. The highest BCUT2D eigenvalue weighted by Gasteiger charge is 2.43. The Morgan fingerprint density at radius 3 is 2.62 bits per heavy atom. The molecule has 0 aliphatic carbocycles. The number of nitrogens with two attached hydrogens (primary N) is 1. The first-order chi connectivity index (χ1) is 10.1. The molecule has 3 aliphatic heterocycles. The van der Waals surface area contributed by atoms with Gasteiger partial charge in [-0.1, -0.05) is 13.8 Å². The third kappa shape index (κ3) is 3.74. The summed E-state index contributed by atoms with van der Waals surface area (Å²) in [6.07, 6.45) is 4.38. The second kappa shape index (κ2) is 7.00. The molecule has 0 aromatic rings. The van der Waals surface area contributed by atoms with Crippen LogP contribution in [0.2, 0.25) is 0 Å². The van der Waals surface area contributed by atoms with Crippen molar-refractivity contribution in [2.45, 2.75) is 66.9 Å². The van der Waals surface area contributed by atoms with E-state index in [1.807, 2.05) is 0 Å². The van der Waals surface area contributed by atoms with Gasteiger partial charge in [-0.15, -0.1) is 0 Å². The Hall–Kier alpha value is 0.580. The molecule has 122 valence electrons. The number of ether oxygens (including phenoxy) is 2. The fraction of sp³-hybridized carbons (Fsp3) is 1.00. The molecule has 5 atom stereocenters. The van der Waals surface area contributed by atoms with Gasteiger partial charge >= 0.3 is 0 Å². The second-order valence-electron chi connectivity index (χ2n) is 6.89. The molecule has 5 unspecified atom stereocenters. The van der Waals surface area contributed by atoms with Crippen LogP contribution in [-0.4, -0.2) is 53.0 Å². The van der Waals surface area contributed by atoms with Crippen LogP contribution in [0.5, 0.6) is 0 Å². The average molecular weight is 332 g/mol. The molecule has 2 N–H and O–H groups in total. The summed E-state index contributed by atoms with van der Waals surface area (Å²) in [4.78, 5) is 0. The molecule has 21 heavy (non-hydrogen) atoms. The molecular formula is C16H29NO2S2. The quantitative estimate of drug-likeness (QED) is 0.843. The van der Waals surface area contributed by atoms with Gasteiger partial charge in [0.2, 0.25) is 0 Å². The fourth-order valence-electron chi connectivity index (χ4n) is 3.80. The molecular weight excluding hydrogens is 302 g/mol. The SMILES string of the molecule is CC1SCC(C(N)C2CCOC3(CCOCC3)C2)SC1C. The van der Waals surface area contributed by atoms with E-state index in [4.69, 9.17) is 15.2 Å². The van der Waals surface area contributed by atoms with Gasteiger partial charge in [0, 0.05) is 47.4 Å². The first kappa shape index (κ1) is 16.4. The largest absolute Gasteiger partial charge is 0.381 e. The van der Waals surface area contributed by atoms with E-state index in [2.05, 4.69) is 37.4 Å². The molecule has 5 heteroatoms. The lowest BCUT2D eigenvalue weighted by Crippen LogP contribution is -2.52. The molecule has 3 heterocycles.